The van der Waals surface area contributed by atoms with E-state index in [2.05, 4.69) is 19.2 Å². The average Bonchev–Trinajstić information content (AvgIpc) is 2.43. The third-order valence-corrected chi connectivity index (χ3v) is 3.64. The molecule has 0 saturated carbocycles. The molecule has 1 atom stereocenters. The molecule has 0 aliphatic rings. The number of hydrogen-bond donors (Lipinski definition) is 2. The Morgan fingerprint density at radius 2 is 1.68 bits per heavy atom. The standard InChI is InChI=1S/C17H29NO/c1-3-5-6-7-8-11-14-18-16(4-2)15-12-9-10-13-17(15)19/h9-10,12-13,16,18-19H,3-8,11,14H2,1-2H3. The maximum absolute atomic E-state index is 9.87. The number of benzene rings is 1. The molecule has 1 aromatic carbocycles. The van der Waals surface area contributed by atoms with Gasteiger partial charge in [-0.25, -0.2) is 0 Å². The first-order valence-electron chi connectivity index (χ1n) is 7.80. The van der Waals surface area contributed by atoms with E-state index in [9.17, 15) is 5.11 Å². The Morgan fingerprint density at radius 3 is 2.37 bits per heavy atom. The maximum Gasteiger partial charge on any atom is 0.120 e. The molecule has 0 aliphatic heterocycles. The Balaban J connectivity index is 2.24. The highest BCUT2D eigenvalue weighted by atomic mass is 16.3. The van der Waals surface area contributed by atoms with Crippen LogP contribution in [0.5, 0.6) is 5.75 Å². The molecule has 2 N–H and O–H groups in total. The van der Waals surface area contributed by atoms with Crippen LogP contribution in [0.3, 0.4) is 0 Å². The van der Waals surface area contributed by atoms with Gasteiger partial charge in [0.1, 0.15) is 5.75 Å². The van der Waals surface area contributed by atoms with Gasteiger partial charge in [-0.05, 0) is 25.5 Å². The first-order chi connectivity index (χ1) is 9.29. The molecule has 2 nitrogen and oxygen atoms in total. The van der Waals surface area contributed by atoms with Crippen molar-refractivity contribution in [2.75, 3.05) is 6.54 Å². The van der Waals surface area contributed by atoms with Gasteiger partial charge in [-0.1, -0.05) is 64.2 Å². The molecule has 2 heteroatoms. The van der Waals surface area contributed by atoms with Gasteiger partial charge in [0.15, 0.2) is 0 Å². The second-order valence-corrected chi connectivity index (χ2v) is 5.24. The van der Waals surface area contributed by atoms with E-state index in [1.807, 2.05) is 18.2 Å². The summed E-state index contributed by atoms with van der Waals surface area (Å²) in [7, 11) is 0. The number of aromatic hydroxyl groups is 1. The summed E-state index contributed by atoms with van der Waals surface area (Å²) in [6, 6.07) is 7.92. The van der Waals surface area contributed by atoms with Crippen LogP contribution in [0.25, 0.3) is 0 Å². The van der Waals surface area contributed by atoms with Crippen molar-refractivity contribution in [1.29, 1.82) is 0 Å². The van der Waals surface area contributed by atoms with Crippen molar-refractivity contribution < 1.29 is 5.11 Å². The first-order valence-corrected chi connectivity index (χ1v) is 7.80. The van der Waals surface area contributed by atoms with E-state index in [0.717, 1.165) is 18.5 Å². The minimum Gasteiger partial charge on any atom is -0.508 e. The molecule has 1 aromatic rings. The lowest BCUT2D eigenvalue weighted by Crippen LogP contribution is -2.21. The summed E-state index contributed by atoms with van der Waals surface area (Å²) in [6.45, 7) is 5.45. The molecule has 0 spiro atoms. The zero-order valence-electron chi connectivity index (χ0n) is 12.5. The molecule has 1 unspecified atom stereocenters. The van der Waals surface area contributed by atoms with Gasteiger partial charge < -0.3 is 10.4 Å². The quantitative estimate of drug-likeness (QED) is 0.595. The van der Waals surface area contributed by atoms with Crippen LogP contribution in [0.2, 0.25) is 0 Å². The molecule has 0 aliphatic carbocycles. The second-order valence-electron chi connectivity index (χ2n) is 5.24. The summed E-state index contributed by atoms with van der Waals surface area (Å²) in [5.41, 5.74) is 1.02. The van der Waals surface area contributed by atoms with E-state index >= 15 is 0 Å². The number of nitrogens with one attached hydrogen (secondary N) is 1. The van der Waals surface area contributed by atoms with Crippen LogP contribution < -0.4 is 5.32 Å². The van der Waals surface area contributed by atoms with Crippen LogP contribution in [-0.2, 0) is 0 Å². The lowest BCUT2D eigenvalue weighted by molar-refractivity contribution is 0.437. The molecule has 0 fully saturated rings. The first kappa shape index (κ1) is 16.0. The largest absolute Gasteiger partial charge is 0.508 e. The van der Waals surface area contributed by atoms with Gasteiger partial charge in [-0.2, -0.15) is 0 Å². The summed E-state index contributed by atoms with van der Waals surface area (Å²) >= 11 is 0. The number of hydrogen-bond acceptors (Lipinski definition) is 2. The minimum atomic E-state index is 0.275. The van der Waals surface area contributed by atoms with Gasteiger partial charge in [0.05, 0.1) is 0 Å². The summed E-state index contributed by atoms with van der Waals surface area (Å²) in [4.78, 5) is 0. The predicted molar refractivity (Wildman–Crippen MR) is 82.5 cm³/mol. The van der Waals surface area contributed by atoms with Crippen LogP contribution in [0.1, 0.15) is 70.4 Å². The third-order valence-electron chi connectivity index (χ3n) is 3.64. The zero-order valence-corrected chi connectivity index (χ0v) is 12.5. The fraction of sp³-hybridized carbons (Fsp3) is 0.647. The molecule has 0 amide bonds. The topological polar surface area (TPSA) is 32.3 Å². The van der Waals surface area contributed by atoms with Gasteiger partial charge in [0.2, 0.25) is 0 Å². The molecule has 19 heavy (non-hydrogen) atoms. The highest BCUT2D eigenvalue weighted by Crippen LogP contribution is 2.25. The molecular weight excluding hydrogens is 234 g/mol. The van der Waals surface area contributed by atoms with Crippen LogP contribution in [0, 0.1) is 0 Å². The Bertz CT molecular complexity index is 338. The van der Waals surface area contributed by atoms with Gasteiger partial charge in [-0.15, -0.1) is 0 Å². The van der Waals surface area contributed by atoms with Crippen molar-refractivity contribution in [3.63, 3.8) is 0 Å². The Hall–Kier alpha value is -1.02. The van der Waals surface area contributed by atoms with Crippen LogP contribution >= 0.6 is 0 Å². The van der Waals surface area contributed by atoms with Crippen molar-refractivity contribution in [2.45, 2.75) is 64.8 Å². The van der Waals surface area contributed by atoms with Crippen LogP contribution in [-0.4, -0.2) is 11.7 Å². The van der Waals surface area contributed by atoms with E-state index in [0.29, 0.717) is 5.75 Å². The van der Waals surface area contributed by atoms with Crippen LogP contribution in [0.4, 0.5) is 0 Å². The molecule has 0 aromatic heterocycles. The lowest BCUT2D eigenvalue weighted by atomic mass is 10.0. The molecule has 0 bridgehead atoms. The number of phenols is 1. The maximum atomic E-state index is 9.87. The zero-order chi connectivity index (χ0) is 13.9. The summed E-state index contributed by atoms with van der Waals surface area (Å²) in [6.07, 6.45) is 8.94. The SMILES string of the molecule is CCCCCCCCNC(CC)c1ccccc1O. The fourth-order valence-corrected chi connectivity index (χ4v) is 2.44. The number of para-hydroxylation sites is 1. The minimum absolute atomic E-state index is 0.275. The average molecular weight is 263 g/mol. The Labute approximate surface area is 118 Å². The van der Waals surface area contributed by atoms with Gasteiger partial charge in [-0.3, -0.25) is 0 Å². The van der Waals surface area contributed by atoms with Crippen molar-refractivity contribution in [1.82, 2.24) is 5.32 Å². The predicted octanol–water partition coefficient (Wildman–Crippen LogP) is 4.79. The second kappa shape index (κ2) is 9.85. The van der Waals surface area contributed by atoms with E-state index in [4.69, 9.17) is 0 Å². The van der Waals surface area contributed by atoms with E-state index in [1.165, 1.54) is 38.5 Å². The fourth-order valence-electron chi connectivity index (χ4n) is 2.44. The monoisotopic (exact) mass is 263 g/mol. The van der Waals surface area contributed by atoms with Crippen LogP contribution in [0.15, 0.2) is 24.3 Å². The number of rotatable bonds is 10. The normalized spacial score (nSPS) is 12.5. The van der Waals surface area contributed by atoms with Crippen molar-refractivity contribution in [2.24, 2.45) is 0 Å². The van der Waals surface area contributed by atoms with Gasteiger partial charge in [0.25, 0.3) is 0 Å². The Morgan fingerprint density at radius 1 is 1.00 bits per heavy atom. The Kier molecular flexibility index (Phi) is 8.31. The smallest absolute Gasteiger partial charge is 0.120 e. The third kappa shape index (κ3) is 6.11. The van der Waals surface area contributed by atoms with Crippen molar-refractivity contribution >= 4 is 0 Å². The van der Waals surface area contributed by atoms with E-state index in [-0.39, 0.29) is 6.04 Å². The molecule has 108 valence electrons. The highest BCUT2D eigenvalue weighted by Gasteiger charge is 2.11. The van der Waals surface area contributed by atoms with E-state index in [1.54, 1.807) is 6.07 Å². The number of unbranched alkanes of at least 4 members (excludes halogenated alkanes) is 5. The summed E-state index contributed by atoms with van der Waals surface area (Å²) < 4.78 is 0. The van der Waals surface area contributed by atoms with Crippen molar-refractivity contribution in [3.05, 3.63) is 29.8 Å². The molecule has 0 heterocycles. The molecule has 1 rings (SSSR count). The van der Waals surface area contributed by atoms with Gasteiger partial charge >= 0.3 is 0 Å². The molecule has 0 saturated heterocycles. The van der Waals surface area contributed by atoms with Crippen molar-refractivity contribution in [3.8, 4) is 5.75 Å². The molecular formula is C17H29NO. The number of phenolic OH excluding ortho intramolecular Hbond substituents is 1. The lowest BCUT2D eigenvalue weighted by Gasteiger charge is -2.18. The molecule has 0 radical (unpaired) electrons. The summed E-state index contributed by atoms with van der Waals surface area (Å²) in [5, 5.41) is 13.4. The van der Waals surface area contributed by atoms with Gasteiger partial charge in [0, 0.05) is 11.6 Å². The van der Waals surface area contributed by atoms with E-state index < -0.39 is 0 Å². The summed E-state index contributed by atoms with van der Waals surface area (Å²) in [5.74, 6) is 0.407. The highest BCUT2D eigenvalue weighted by molar-refractivity contribution is 5.34.